The average Bonchev–Trinajstić information content (AvgIpc) is 2.50. The summed E-state index contributed by atoms with van der Waals surface area (Å²) in [4.78, 5) is 4.35. The predicted octanol–water partition coefficient (Wildman–Crippen LogP) is 1.27. The number of sulfone groups is 1. The Morgan fingerprint density at radius 2 is 1.75 bits per heavy atom. The summed E-state index contributed by atoms with van der Waals surface area (Å²) in [5.74, 6) is 0.477. The van der Waals surface area contributed by atoms with Gasteiger partial charge in [-0.25, -0.2) is 8.42 Å². The van der Waals surface area contributed by atoms with Crippen molar-refractivity contribution in [3.8, 4) is 0 Å². The van der Waals surface area contributed by atoms with Crippen LogP contribution in [0.1, 0.15) is 33.3 Å². The van der Waals surface area contributed by atoms with Crippen LogP contribution in [0.2, 0.25) is 0 Å². The maximum Gasteiger partial charge on any atom is 0.191 e. The molecule has 1 unspecified atom stereocenters. The van der Waals surface area contributed by atoms with Gasteiger partial charge in [-0.3, -0.25) is 4.99 Å². The Labute approximate surface area is 145 Å². The molecule has 0 aliphatic rings. The molecule has 1 atom stereocenters. The van der Waals surface area contributed by atoms with Crippen molar-refractivity contribution < 1.29 is 13.5 Å². The van der Waals surface area contributed by atoms with Gasteiger partial charge >= 0.3 is 0 Å². The van der Waals surface area contributed by atoms with Crippen molar-refractivity contribution in [3.05, 3.63) is 35.9 Å². The first-order valence-corrected chi connectivity index (χ1v) is 9.88. The molecule has 0 saturated heterocycles. The van der Waals surface area contributed by atoms with Crippen LogP contribution >= 0.6 is 0 Å². The van der Waals surface area contributed by atoms with E-state index < -0.39 is 20.2 Å². The molecule has 0 fully saturated rings. The summed E-state index contributed by atoms with van der Waals surface area (Å²) in [7, 11) is -3.21. The SMILES string of the molecule is CCNC(=NCC(C)(C)S(C)(=O)=O)NCC(C)(O)c1ccccc1. The van der Waals surface area contributed by atoms with Gasteiger partial charge in [-0.05, 0) is 33.3 Å². The van der Waals surface area contributed by atoms with E-state index in [0.717, 1.165) is 5.56 Å². The zero-order valence-corrected chi connectivity index (χ0v) is 15.9. The highest BCUT2D eigenvalue weighted by Crippen LogP contribution is 2.19. The maximum absolute atomic E-state index is 11.8. The Bertz CT molecular complexity index is 653. The molecule has 24 heavy (non-hydrogen) atoms. The molecule has 0 saturated carbocycles. The van der Waals surface area contributed by atoms with Gasteiger partial charge in [-0.15, -0.1) is 0 Å². The zero-order valence-electron chi connectivity index (χ0n) is 15.1. The fraction of sp³-hybridized carbons (Fsp3) is 0.588. The molecule has 0 radical (unpaired) electrons. The quantitative estimate of drug-likeness (QED) is 0.506. The molecular weight excluding hydrogens is 326 g/mol. The third-order valence-electron chi connectivity index (χ3n) is 3.96. The van der Waals surface area contributed by atoms with Gasteiger partial charge in [0, 0.05) is 12.8 Å². The van der Waals surface area contributed by atoms with Crippen LogP contribution in [0.25, 0.3) is 0 Å². The van der Waals surface area contributed by atoms with E-state index in [2.05, 4.69) is 15.6 Å². The average molecular weight is 356 g/mol. The number of aliphatic hydroxyl groups is 1. The van der Waals surface area contributed by atoms with Crippen LogP contribution in [0.5, 0.6) is 0 Å². The number of nitrogens with zero attached hydrogens (tertiary/aromatic N) is 1. The summed E-state index contributed by atoms with van der Waals surface area (Å²) in [6.45, 7) is 7.97. The van der Waals surface area contributed by atoms with Crippen molar-refractivity contribution in [3.63, 3.8) is 0 Å². The highest BCUT2D eigenvalue weighted by Gasteiger charge is 2.30. The van der Waals surface area contributed by atoms with E-state index in [1.54, 1.807) is 20.8 Å². The largest absolute Gasteiger partial charge is 0.384 e. The van der Waals surface area contributed by atoms with E-state index >= 15 is 0 Å². The van der Waals surface area contributed by atoms with Crippen molar-refractivity contribution >= 4 is 15.8 Å². The van der Waals surface area contributed by atoms with E-state index in [1.807, 2.05) is 37.3 Å². The van der Waals surface area contributed by atoms with Crippen LogP contribution in [0.15, 0.2) is 35.3 Å². The first-order chi connectivity index (χ1) is 11.0. The molecule has 1 rings (SSSR count). The molecular formula is C17H29N3O3S. The number of rotatable bonds is 7. The number of nitrogens with one attached hydrogen (secondary N) is 2. The first kappa shape index (κ1) is 20.4. The summed E-state index contributed by atoms with van der Waals surface area (Å²) in [6, 6.07) is 9.36. The van der Waals surface area contributed by atoms with Gasteiger partial charge in [-0.2, -0.15) is 0 Å². The number of aliphatic imine (C=N–C) groups is 1. The molecule has 6 nitrogen and oxygen atoms in total. The summed E-state index contributed by atoms with van der Waals surface area (Å²) in [5, 5.41) is 16.8. The van der Waals surface area contributed by atoms with Crippen LogP contribution in [-0.2, 0) is 15.4 Å². The lowest BCUT2D eigenvalue weighted by molar-refractivity contribution is 0.0617. The van der Waals surface area contributed by atoms with Gasteiger partial charge in [0.05, 0.1) is 17.8 Å². The molecule has 1 aromatic rings. The highest BCUT2D eigenvalue weighted by molar-refractivity contribution is 7.92. The second-order valence-corrected chi connectivity index (χ2v) is 9.37. The van der Waals surface area contributed by atoms with Crippen molar-refractivity contribution in [2.45, 2.75) is 38.0 Å². The second-order valence-electron chi connectivity index (χ2n) is 6.72. The van der Waals surface area contributed by atoms with Crippen LogP contribution in [-0.4, -0.2) is 50.1 Å². The molecule has 136 valence electrons. The molecule has 0 bridgehead atoms. The Morgan fingerprint density at radius 3 is 2.25 bits per heavy atom. The van der Waals surface area contributed by atoms with Crippen molar-refractivity contribution in [2.75, 3.05) is 25.9 Å². The highest BCUT2D eigenvalue weighted by atomic mass is 32.2. The van der Waals surface area contributed by atoms with E-state index in [0.29, 0.717) is 12.5 Å². The van der Waals surface area contributed by atoms with Gasteiger partial charge in [0.25, 0.3) is 0 Å². The normalized spacial score (nSPS) is 15.7. The molecule has 0 amide bonds. The molecule has 0 aliphatic carbocycles. The lowest BCUT2D eigenvalue weighted by Gasteiger charge is -2.26. The Balaban J connectivity index is 2.81. The Kier molecular flexibility index (Phi) is 6.80. The molecule has 0 aliphatic heterocycles. The standard InChI is InChI=1S/C17H29N3O3S/c1-6-18-15(19-12-16(2,3)24(5,22)23)20-13-17(4,21)14-10-8-7-9-11-14/h7-11,21H,6,12-13H2,1-5H3,(H2,18,19,20). The lowest BCUT2D eigenvalue weighted by Crippen LogP contribution is -2.45. The molecule has 1 aromatic carbocycles. The zero-order chi connectivity index (χ0) is 18.4. The summed E-state index contributed by atoms with van der Waals surface area (Å²) >= 11 is 0. The summed E-state index contributed by atoms with van der Waals surface area (Å²) < 4.78 is 22.6. The molecule has 7 heteroatoms. The fourth-order valence-corrected chi connectivity index (χ4v) is 2.18. The maximum atomic E-state index is 11.8. The van der Waals surface area contributed by atoms with E-state index in [1.165, 1.54) is 6.26 Å². The first-order valence-electron chi connectivity index (χ1n) is 7.99. The lowest BCUT2D eigenvalue weighted by atomic mass is 9.96. The minimum absolute atomic E-state index is 0.134. The monoisotopic (exact) mass is 355 g/mol. The van der Waals surface area contributed by atoms with Crippen molar-refractivity contribution in [1.82, 2.24) is 10.6 Å². The van der Waals surface area contributed by atoms with Crippen molar-refractivity contribution in [1.29, 1.82) is 0 Å². The van der Waals surface area contributed by atoms with Gasteiger partial charge in [0.15, 0.2) is 15.8 Å². The van der Waals surface area contributed by atoms with Gasteiger partial charge < -0.3 is 15.7 Å². The van der Waals surface area contributed by atoms with Crippen molar-refractivity contribution in [2.24, 2.45) is 4.99 Å². The third-order valence-corrected chi connectivity index (χ3v) is 6.10. The number of hydrogen-bond acceptors (Lipinski definition) is 4. The summed E-state index contributed by atoms with van der Waals surface area (Å²) in [6.07, 6.45) is 1.21. The summed E-state index contributed by atoms with van der Waals surface area (Å²) in [5.41, 5.74) is -0.270. The minimum Gasteiger partial charge on any atom is -0.384 e. The van der Waals surface area contributed by atoms with Gasteiger partial charge in [-0.1, -0.05) is 30.3 Å². The van der Waals surface area contributed by atoms with E-state index in [4.69, 9.17) is 0 Å². The third kappa shape index (κ3) is 5.79. The van der Waals surface area contributed by atoms with Crippen LogP contribution in [0.4, 0.5) is 0 Å². The molecule has 0 heterocycles. The number of guanidine groups is 1. The fourth-order valence-electron chi connectivity index (χ4n) is 1.88. The van der Waals surface area contributed by atoms with Crippen LogP contribution < -0.4 is 10.6 Å². The minimum atomic E-state index is -3.21. The van der Waals surface area contributed by atoms with E-state index in [9.17, 15) is 13.5 Å². The van der Waals surface area contributed by atoms with E-state index in [-0.39, 0.29) is 13.1 Å². The van der Waals surface area contributed by atoms with Gasteiger partial charge in [0.2, 0.25) is 0 Å². The number of benzene rings is 1. The van der Waals surface area contributed by atoms with Crippen LogP contribution in [0.3, 0.4) is 0 Å². The topological polar surface area (TPSA) is 90.8 Å². The smallest absolute Gasteiger partial charge is 0.191 e. The molecule has 0 spiro atoms. The second kappa shape index (κ2) is 7.98. The Morgan fingerprint density at radius 1 is 1.17 bits per heavy atom. The van der Waals surface area contributed by atoms with Gasteiger partial charge in [0.1, 0.15) is 5.60 Å². The predicted molar refractivity (Wildman–Crippen MR) is 98.9 cm³/mol. The van der Waals surface area contributed by atoms with Crippen LogP contribution in [0, 0.1) is 0 Å². The molecule has 0 aromatic heterocycles. The Hall–Kier alpha value is -1.60. The molecule has 3 N–H and O–H groups in total. The number of hydrogen-bond donors (Lipinski definition) is 3.